The first-order chi connectivity index (χ1) is 6.33. The predicted molar refractivity (Wildman–Crippen MR) is 61.7 cm³/mol. The van der Waals surface area contributed by atoms with E-state index < -0.39 is 0 Å². The third-order valence-electron chi connectivity index (χ3n) is 1.21. The van der Waals surface area contributed by atoms with Crippen LogP contribution in [-0.2, 0) is 0 Å². The molecule has 0 aliphatic heterocycles. The first-order valence-corrected chi connectivity index (χ1v) is 6.37. The molecule has 0 radical (unpaired) electrons. The lowest BCUT2D eigenvalue weighted by molar-refractivity contribution is 0.318. The molecule has 4 heteroatoms. The molecule has 0 atom stereocenters. The second-order valence-corrected chi connectivity index (χ2v) is 4.06. The van der Waals surface area contributed by atoms with E-state index in [0.717, 1.165) is 17.4 Å². The lowest BCUT2D eigenvalue weighted by atomic mass is 10.3. The van der Waals surface area contributed by atoms with Crippen molar-refractivity contribution in [3.63, 3.8) is 0 Å². The maximum Gasteiger partial charge on any atom is 0.0521 e. The normalized spacial score (nSPS) is 9.23. The predicted octanol–water partition coefficient (Wildman–Crippen LogP) is 2.12. The highest BCUT2D eigenvalue weighted by molar-refractivity contribution is 7.99. The molecule has 0 fully saturated rings. The highest BCUT2D eigenvalue weighted by Crippen LogP contribution is 1.94. The summed E-state index contributed by atoms with van der Waals surface area (Å²) >= 11 is 6.93. The van der Waals surface area contributed by atoms with Crippen LogP contribution in [0.3, 0.4) is 0 Å². The summed E-state index contributed by atoms with van der Waals surface area (Å²) in [6.45, 7) is 2.60. The van der Waals surface area contributed by atoms with Crippen LogP contribution in [0.2, 0.25) is 0 Å². The summed E-state index contributed by atoms with van der Waals surface area (Å²) in [6.07, 6.45) is 3.73. The molecule has 0 unspecified atom stereocenters. The third-order valence-corrected chi connectivity index (χ3v) is 2.42. The van der Waals surface area contributed by atoms with Crippen molar-refractivity contribution in [2.45, 2.75) is 26.2 Å². The molecule has 0 aliphatic carbocycles. The Kier molecular flexibility index (Phi) is 22.6. The number of halogens is 1. The van der Waals surface area contributed by atoms with E-state index in [-0.39, 0.29) is 13.2 Å². The summed E-state index contributed by atoms with van der Waals surface area (Å²) in [4.78, 5) is 0. The van der Waals surface area contributed by atoms with E-state index in [1.165, 1.54) is 19.3 Å². The van der Waals surface area contributed by atoms with E-state index in [1.807, 2.05) is 0 Å². The van der Waals surface area contributed by atoms with Crippen LogP contribution in [0.5, 0.6) is 0 Å². The molecular formula is C9H21ClO2S. The number of rotatable bonds is 7. The van der Waals surface area contributed by atoms with Crippen molar-refractivity contribution in [3.05, 3.63) is 0 Å². The summed E-state index contributed by atoms with van der Waals surface area (Å²) in [7, 11) is 0. The fraction of sp³-hybridized carbons (Fsp3) is 1.00. The Morgan fingerprint density at radius 1 is 1.08 bits per heavy atom. The van der Waals surface area contributed by atoms with Crippen molar-refractivity contribution in [2.24, 2.45) is 0 Å². The lowest BCUT2D eigenvalue weighted by Gasteiger charge is -1.90. The van der Waals surface area contributed by atoms with Crippen molar-refractivity contribution >= 4 is 23.4 Å². The van der Waals surface area contributed by atoms with Crippen LogP contribution >= 0.6 is 23.4 Å². The number of hydrogen-bond acceptors (Lipinski definition) is 3. The Morgan fingerprint density at radius 3 is 1.85 bits per heavy atom. The molecule has 0 saturated carbocycles. The average molecular weight is 229 g/mol. The molecule has 0 aromatic carbocycles. The molecule has 0 heterocycles. The van der Waals surface area contributed by atoms with Gasteiger partial charge in [-0.15, -0.1) is 11.6 Å². The van der Waals surface area contributed by atoms with E-state index in [9.17, 15) is 0 Å². The van der Waals surface area contributed by atoms with Crippen LogP contribution in [-0.4, -0.2) is 40.8 Å². The average Bonchev–Trinajstić information content (AvgIpc) is 2.17. The first kappa shape index (κ1) is 16.0. The number of aliphatic hydroxyl groups excluding tert-OH is 2. The molecule has 2 N–H and O–H groups in total. The lowest BCUT2D eigenvalue weighted by Crippen LogP contribution is -1.91. The molecule has 13 heavy (non-hydrogen) atoms. The molecule has 2 nitrogen and oxygen atoms in total. The van der Waals surface area contributed by atoms with Gasteiger partial charge in [0.05, 0.1) is 13.2 Å². The minimum Gasteiger partial charge on any atom is -0.396 e. The smallest absolute Gasteiger partial charge is 0.0521 e. The van der Waals surface area contributed by atoms with E-state index in [2.05, 4.69) is 6.92 Å². The van der Waals surface area contributed by atoms with Crippen molar-refractivity contribution in [2.75, 3.05) is 30.6 Å². The fourth-order valence-corrected chi connectivity index (χ4v) is 1.23. The Hall–Kier alpha value is 0.560. The van der Waals surface area contributed by atoms with Gasteiger partial charge in [0.15, 0.2) is 0 Å². The number of alkyl halides is 1. The van der Waals surface area contributed by atoms with Crippen LogP contribution in [0, 0.1) is 0 Å². The van der Waals surface area contributed by atoms with Gasteiger partial charge >= 0.3 is 0 Å². The summed E-state index contributed by atoms with van der Waals surface area (Å²) in [6, 6.07) is 0. The highest BCUT2D eigenvalue weighted by Gasteiger charge is 1.81. The van der Waals surface area contributed by atoms with Crippen LogP contribution in [0.1, 0.15) is 26.2 Å². The number of aliphatic hydroxyl groups is 2. The molecule has 0 bridgehead atoms. The summed E-state index contributed by atoms with van der Waals surface area (Å²) in [5.41, 5.74) is 0. The monoisotopic (exact) mass is 228 g/mol. The summed E-state index contributed by atoms with van der Waals surface area (Å²) in [5.74, 6) is 2.30. The van der Waals surface area contributed by atoms with Gasteiger partial charge in [-0.25, -0.2) is 0 Å². The largest absolute Gasteiger partial charge is 0.396 e. The molecule has 0 amide bonds. The first-order valence-electron chi connectivity index (χ1n) is 4.68. The molecule has 82 valence electrons. The quantitative estimate of drug-likeness (QED) is 0.518. The van der Waals surface area contributed by atoms with Gasteiger partial charge in [-0.1, -0.05) is 19.8 Å². The van der Waals surface area contributed by atoms with Gasteiger partial charge in [0.2, 0.25) is 0 Å². The molecule has 0 saturated heterocycles. The van der Waals surface area contributed by atoms with Crippen molar-refractivity contribution in [3.8, 4) is 0 Å². The minimum absolute atomic E-state index is 0.213. The Bertz CT molecular complexity index is 66.6. The van der Waals surface area contributed by atoms with Gasteiger partial charge in [-0.05, 0) is 6.42 Å². The molecular weight excluding hydrogens is 208 g/mol. The van der Waals surface area contributed by atoms with Crippen LogP contribution in [0.4, 0.5) is 0 Å². The van der Waals surface area contributed by atoms with Crippen LogP contribution < -0.4 is 0 Å². The summed E-state index contributed by atoms with van der Waals surface area (Å²) in [5, 5.41) is 16.4. The number of hydrogen-bond donors (Lipinski definition) is 2. The van der Waals surface area contributed by atoms with E-state index in [4.69, 9.17) is 21.8 Å². The molecule has 0 spiro atoms. The maximum absolute atomic E-state index is 8.19. The minimum atomic E-state index is 0.213. The van der Waals surface area contributed by atoms with Gasteiger partial charge in [-0.2, -0.15) is 11.8 Å². The van der Waals surface area contributed by atoms with Gasteiger partial charge in [0, 0.05) is 17.4 Å². The van der Waals surface area contributed by atoms with Gasteiger partial charge in [-0.3, -0.25) is 0 Å². The van der Waals surface area contributed by atoms with Gasteiger partial charge < -0.3 is 10.2 Å². The molecule has 0 rings (SSSR count). The SMILES string of the molecule is CCCCCCl.OCCSCCO. The number of unbranched alkanes of at least 4 members (excludes halogenated alkanes) is 2. The molecule has 0 aromatic heterocycles. The van der Waals surface area contributed by atoms with Gasteiger partial charge in [0.25, 0.3) is 0 Å². The maximum atomic E-state index is 8.19. The van der Waals surface area contributed by atoms with E-state index >= 15 is 0 Å². The Morgan fingerprint density at radius 2 is 1.62 bits per heavy atom. The van der Waals surface area contributed by atoms with Crippen LogP contribution in [0.15, 0.2) is 0 Å². The van der Waals surface area contributed by atoms with Crippen molar-refractivity contribution < 1.29 is 10.2 Å². The third kappa shape index (κ3) is 24.5. The highest BCUT2D eigenvalue weighted by atomic mass is 35.5. The number of thioether (sulfide) groups is 1. The zero-order chi connectivity index (χ0) is 10.4. The molecule has 0 aliphatic rings. The topological polar surface area (TPSA) is 40.5 Å². The summed E-state index contributed by atoms with van der Waals surface area (Å²) < 4.78 is 0. The standard InChI is InChI=1S/C5H11Cl.C4H10O2S/c1-2-3-4-5-6;5-1-3-7-4-2-6/h2-5H2,1H3;5-6H,1-4H2. The van der Waals surface area contributed by atoms with E-state index in [1.54, 1.807) is 11.8 Å². The van der Waals surface area contributed by atoms with Crippen molar-refractivity contribution in [1.29, 1.82) is 0 Å². The second-order valence-electron chi connectivity index (χ2n) is 2.46. The van der Waals surface area contributed by atoms with Crippen molar-refractivity contribution in [1.82, 2.24) is 0 Å². The molecule has 0 aromatic rings. The Balaban J connectivity index is 0. The second kappa shape index (κ2) is 18.4. The zero-order valence-electron chi connectivity index (χ0n) is 8.34. The fourth-order valence-electron chi connectivity index (χ4n) is 0.576. The zero-order valence-corrected chi connectivity index (χ0v) is 9.91. The van der Waals surface area contributed by atoms with Crippen LogP contribution in [0.25, 0.3) is 0 Å². The van der Waals surface area contributed by atoms with Gasteiger partial charge in [0.1, 0.15) is 0 Å². The van der Waals surface area contributed by atoms with E-state index in [0.29, 0.717) is 0 Å². The Labute approximate surface area is 90.7 Å².